The Morgan fingerprint density at radius 1 is 1.36 bits per heavy atom. The zero-order chi connectivity index (χ0) is 10.4. The van der Waals surface area contributed by atoms with Crippen molar-refractivity contribution in [3.63, 3.8) is 0 Å². The largest absolute Gasteiger partial charge is 0.384 e. The van der Waals surface area contributed by atoms with E-state index in [0.29, 0.717) is 5.92 Å². The number of pyridine rings is 1. The van der Waals surface area contributed by atoms with Gasteiger partial charge in [-0.3, -0.25) is 0 Å². The van der Waals surface area contributed by atoms with Crippen LogP contribution in [0.25, 0.3) is 0 Å². The summed E-state index contributed by atoms with van der Waals surface area (Å²) in [5.41, 5.74) is 1.39. The first-order chi connectivity index (χ1) is 6.76. The maximum absolute atomic E-state index is 5.11. The van der Waals surface area contributed by atoms with E-state index in [1.807, 2.05) is 0 Å². The van der Waals surface area contributed by atoms with Crippen molar-refractivity contribution in [2.24, 2.45) is 5.92 Å². The Labute approximate surface area is 86.5 Å². The fraction of sp³-hybridized carbons (Fsp3) is 0.583. The first-order valence-corrected chi connectivity index (χ1v) is 5.23. The van der Waals surface area contributed by atoms with Crippen molar-refractivity contribution in [3.05, 3.63) is 30.1 Å². The molecule has 0 aliphatic rings. The van der Waals surface area contributed by atoms with Crippen LogP contribution >= 0.6 is 0 Å². The van der Waals surface area contributed by atoms with Crippen LogP contribution in [0, 0.1) is 5.92 Å². The van der Waals surface area contributed by atoms with Gasteiger partial charge in [-0.15, -0.1) is 0 Å². The van der Waals surface area contributed by atoms with Crippen LogP contribution in [0.4, 0.5) is 0 Å². The van der Waals surface area contributed by atoms with E-state index in [4.69, 9.17) is 4.74 Å². The van der Waals surface area contributed by atoms with Gasteiger partial charge < -0.3 is 4.74 Å². The van der Waals surface area contributed by atoms with Crippen molar-refractivity contribution in [2.45, 2.75) is 26.8 Å². The predicted molar refractivity (Wildman–Crippen MR) is 57.1 cm³/mol. The first kappa shape index (κ1) is 11.2. The van der Waals surface area contributed by atoms with E-state index in [0.717, 1.165) is 19.6 Å². The van der Waals surface area contributed by atoms with Crippen LogP contribution in [0.3, 0.4) is 0 Å². The summed E-state index contributed by atoms with van der Waals surface area (Å²) in [7, 11) is 1.75. The highest BCUT2D eigenvalue weighted by molar-refractivity contribution is 5.06. The molecule has 1 atom stereocenters. The monoisotopic (exact) mass is 194 g/mol. The average Bonchev–Trinajstić information content (AvgIpc) is 2.19. The summed E-state index contributed by atoms with van der Waals surface area (Å²) >= 11 is 0. The second-order valence-electron chi connectivity index (χ2n) is 3.82. The van der Waals surface area contributed by atoms with Crippen molar-refractivity contribution >= 4 is 0 Å². The summed E-state index contributed by atoms with van der Waals surface area (Å²) in [5.74, 6) is 0.567. The van der Waals surface area contributed by atoms with E-state index >= 15 is 0 Å². The van der Waals surface area contributed by atoms with Crippen LogP contribution in [0.2, 0.25) is 0 Å². The summed E-state index contributed by atoms with van der Waals surface area (Å²) in [6.45, 7) is 6.22. The molecule has 1 rings (SSSR count). The second-order valence-corrected chi connectivity index (χ2v) is 3.82. The minimum atomic E-state index is 0.567. The van der Waals surface area contributed by atoms with Crippen molar-refractivity contribution < 1.29 is 9.30 Å². The number of aryl methyl sites for hydroxylation is 1. The third-order valence-corrected chi connectivity index (χ3v) is 2.34. The van der Waals surface area contributed by atoms with Gasteiger partial charge in [-0.2, -0.15) is 0 Å². The highest BCUT2D eigenvalue weighted by atomic mass is 16.5. The second kappa shape index (κ2) is 5.76. The van der Waals surface area contributed by atoms with Crippen molar-refractivity contribution in [1.29, 1.82) is 0 Å². The molecule has 0 saturated heterocycles. The van der Waals surface area contributed by atoms with Gasteiger partial charge in [0.25, 0.3) is 0 Å². The summed E-state index contributed by atoms with van der Waals surface area (Å²) in [6, 6.07) is 4.36. The Morgan fingerprint density at radius 2 is 2.00 bits per heavy atom. The van der Waals surface area contributed by atoms with Gasteiger partial charge >= 0.3 is 0 Å². The third kappa shape index (κ3) is 3.46. The Morgan fingerprint density at radius 3 is 2.50 bits per heavy atom. The number of ether oxygens (including phenoxy) is 1. The molecular formula is C12H20NO+. The summed E-state index contributed by atoms with van der Waals surface area (Å²) in [4.78, 5) is 0. The van der Waals surface area contributed by atoms with Gasteiger partial charge in [0.2, 0.25) is 0 Å². The molecule has 0 bridgehead atoms. The Kier molecular flexibility index (Phi) is 4.60. The standard InChI is InChI=1S/C12H20NO/c1-4-12-5-7-13(8-6-12)9-11(2)10-14-3/h5-8,11H,4,9-10H2,1-3H3/q+1. The van der Waals surface area contributed by atoms with Crippen molar-refractivity contribution in [3.8, 4) is 0 Å². The van der Waals surface area contributed by atoms with Crippen LogP contribution in [0.1, 0.15) is 19.4 Å². The zero-order valence-corrected chi connectivity index (χ0v) is 9.36. The molecule has 78 valence electrons. The number of methoxy groups -OCH3 is 1. The Bertz CT molecular complexity index is 256. The van der Waals surface area contributed by atoms with E-state index in [2.05, 4.69) is 42.9 Å². The average molecular weight is 194 g/mol. The molecule has 0 spiro atoms. The highest BCUT2D eigenvalue weighted by Gasteiger charge is 2.07. The summed E-state index contributed by atoms with van der Waals surface area (Å²) < 4.78 is 7.32. The van der Waals surface area contributed by atoms with E-state index in [1.54, 1.807) is 7.11 Å². The minimum absolute atomic E-state index is 0.567. The molecule has 0 fully saturated rings. The minimum Gasteiger partial charge on any atom is -0.384 e. The zero-order valence-electron chi connectivity index (χ0n) is 9.36. The topological polar surface area (TPSA) is 13.1 Å². The fourth-order valence-electron chi connectivity index (χ4n) is 1.54. The molecule has 0 amide bonds. The number of hydrogen-bond donors (Lipinski definition) is 0. The van der Waals surface area contributed by atoms with Crippen LogP contribution in [0.15, 0.2) is 24.5 Å². The lowest BCUT2D eigenvalue weighted by atomic mass is 10.2. The molecule has 0 N–H and O–H groups in total. The van der Waals surface area contributed by atoms with E-state index in [-0.39, 0.29) is 0 Å². The Hall–Kier alpha value is -0.890. The molecule has 1 heterocycles. The molecule has 0 aliphatic heterocycles. The molecule has 0 aliphatic carbocycles. The van der Waals surface area contributed by atoms with Gasteiger partial charge in [-0.1, -0.05) is 13.8 Å². The summed E-state index contributed by atoms with van der Waals surface area (Å²) in [6.07, 6.45) is 5.39. The first-order valence-electron chi connectivity index (χ1n) is 5.23. The van der Waals surface area contributed by atoms with Gasteiger partial charge in [-0.25, -0.2) is 4.57 Å². The van der Waals surface area contributed by atoms with Gasteiger partial charge in [0.15, 0.2) is 18.9 Å². The van der Waals surface area contributed by atoms with Crippen molar-refractivity contribution in [1.82, 2.24) is 0 Å². The molecule has 1 unspecified atom stereocenters. The SMILES string of the molecule is CCc1cc[n+](CC(C)COC)cc1. The molecular weight excluding hydrogens is 174 g/mol. The lowest BCUT2D eigenvalue weighted by molar-refractivity contribution is -0.703. The van der Waals surface area contributed by atoms with Crippen LogP contribution < -0.4 is 4.57 Å². The maximum atomic E-state index is 5.11. The summed E-state index contributed by atoms with van der Waals surface area (Å²) in [5, 5.41) is 0. The Balaban J connectivity index is 2.50. The molecule has 1 aromatic rings. The molecule has 14 heavy (non-hydrogen) atoms. The molecule has 2 heteroatoms. The van der Waals surface area contributed by atoms with E-state index in [1.165, 1.54) is 5.56 Å². The number of hydrogen-bond acceptors (Lipinski definition) is 1. The highest BCUT2D eigenvalue weighted by Crippen LogP contribution is 1.98. The number of rotatable bonds is 5. The van der Waals surface area contributed by atoms with E-state index in [9.17, 15) is 0 Å². The van der Waals surface area contributed by atoms with Crippen LogP contribution in [0.5, 0.6) is 0 Å². The van der Waals surface area contributed by atoms with Crippen LogP contribution in [-0.4, -0.2) is 13.7 Å². The van der Waals surface area contributed by atoms with Crippen LogP contribution in [-0.2, 0) is 17.7 Å². The lowest BCUT2D eigenvalue weighted by Crippen LogP contribution is -2.37. The van der Waals surface area contributed by atoms with Gasteiger partial charge in [0.1, 0.15) is 0 Å². The molecule has 2 nitrogen and oxygen atoms in total. The van der Waals surface area contributed by atoms with Gasteiger partial charge in [-0.05, 0) is 12.0 Å². The van der Waals surface area contributed by atoms with Gasteiger partial charge in [0, 0.05) is 25.2 Å². The third-order valence-electron chi connectivity index (χ3n) is 2.34. The quantitative estimate of drug-likeness (QED) is 0.652. The molecule has 0 radical (unpaired) electrons. The number of aromatic nitrogens is 1. The fourth-order valence-corrected chi connectivity index (χ4v) is 1.54. The lowest BCUT2D eigenvalue weighted by Gasteiger charge is -2.06. The maximum Gasteiger partial charge on any atom is 0.169 e. The molecule has 1 aromatic heterocycles. The predicted octanol–water partition coefficient (Wildman–Crippen LogP) is 1.82. The molecule has 0 aromatic carbocycles. The number of nitrogens with zero attached hydrogens (tertiary/aromatic N) is 1. The normalized spacial score (nSPS) is 12.8. The molecule has 0 saturated carbocycles. The smallest absolute Gasteiger partial charge is 0.169 e. The van der Waals surface area contributed by atoms with E-state index < -0.39 is 0 Å². The van der Waals surface area contributed by atoms with Crippen molar-refractivity contribution in [2.75, 3.05) is 13.7 Å². The van der Waals surface area contributed by atoms with Gasteiger partial charge in [0.05, 0.1) is 6.61 Å².